The van der Waals surface area contributed by atoms with Gasteiger partial charge in [0.1, 0.15) is 5.58 Å². The third-order valence-corrected chi connectivity index (χ3v) is 11.3. The second-order valence-electron chi connectivity index (χ2n) is 14.9. The van der Waals surface area contributed by atoms with E-state index in [0.717, 1.165) is 39.1 Å². The summed E-state index contributed by atoms with van der Waals surface area (Å²) in [4.78, 5) is 10.7. The molecule has 8 rings (SSSR count). The van der Waals surface area contributed by atoms with Crippen molar-refractivity contribution in [3.05, 3.63) is 141 Å². The average Bonchev–Trinajstić information content (AvgIpc) is 3.62. The van der Waals surface area contributed by atoms with E-state index in [1.807, 2.05) is 29.7 Å². The molecule has 0 saturated heterocycles. The fraction of sp³-hybridized carbons (Fsp3) is 0.234. The van der Waals surface area contributed by atoms with Gasteiger partial charge in [0.25, 0.3) is 0 Å². The monoisotopic (exact) mass is 877 g/mol. The smallest absolute Gasteiger partial charge is 0.122 e. The van der Waals surface area contributed by atoms with Crippen LogP contribution in [0.15, 0.2) is 89.6 Å². The minimum absolute atomic E-state index is 0. The van der Waals surface area contributed by atoms with E-state index in [0.29, 0.717) is 0 Å². The summed E-state index contributed by atoms with van der Waals surface area (Å²) < 4.78 is 7.82. The van der Waals surface area contributed by atoms with Crippen LogP contribution in [0.1, 0.15) is 64.6 Å². The van der Waals surface area contributed by atoms with Crippen molar-refractivity contribution < 1.29 is 24.5 Å². The molecule has 5 heteroatoms. The third-order valence-electron chi connectivity index (χ3n) is 10.1. The Labute approximate surface area is 325 Å². The number of nitrogens with zero attached hydrogens (tertiary/aromatic N) is 2. The number of hydrogen-bond acceptors (Lipinski definition) is 4. The molecular formula is C47H44IrN2OS-2. The molecule has 0 N–H and O–H groups in total. The minimum atomic E-state index is -0.0365. The molecule has 4 aromatic carbocycles. The minimum Gasteiger partial charge on any atom is -0.501 e. The summed E-state index contributed by atoms with van der Waals surface area (Å²) in [6.45, 7) is 21.8. The second kappa shape index (κ2) is 14.5. The Hall–Kier alpha value is -4.41. The third kappa shape index (κ3) is 6.90. The Morgan fingerprint density at radius 1 is 0.712 bits per heavy atom. The molecule has 0 unspecified atom stereocenters. The van der Waals surface area contributed by atoms with Gasteiger partial charge in [-0.15, -0.1) is 64.9 Å². The number of aryl methyl sites for hydroxylation is 7. The Bertz CT molecular complexity index is 2560. The quantitative estimate of drug-likeness (QED) is 0.166. The molecule has 52 heavy (non-hydrogen) atoms. The molecule has 0 aliphatic heterocycles. The SMILES string of the molecule is Cc1c[c-]c(-c2cc(C)c(C)cn2)cc1.Cc1cccc(C)c1-c1cc(-c2[c-]ccc3c2oc2ccc4c(C)c(C)sc4c23)ncc1C(C)(C)C.[Ir]. The summed E-state index contributed by atoms with van der Waals surface area (Å²) in [5, 5.41) is 3.63. The van der Waals surface area contributed by atoms with Crippen molar-refractivity contribution in [3.63, 3.8) is 0 Å². The maximum atomic E-state index is 6.52. The van der Waals surface area contributed by atoms with Gasteiger partial charge in [-0.2, -0.15) is 0 Å². The molecule has 0 spiro atoms. The van der Waals surface area contributed by atoms with Gasteiger partial charge in [-0.25, -0.2) is 0 Å². The first-order chi connectivity index (χ1) is 24.3. The van der Waals surface area contributed by atoms with E-state index < -0.39 is 0 Å². The molecule has 0 bridgehead atoms. The molecule has 4 heterocycles. The summed E-state index contributed by atoms with van der Waals surface area (Å²) in [6.07, 6.45) is 3.97. The molecular weight excluding hydrogens is 833 g/mol. The zero-order valence-electron chi connectivity index (χ0n) is 31.6. The second-order valence-corrected chi connectivity index (χ2v) is 16.1. The van der Waals surface area contributed by atoms with E-state index in [9.17, 15) is 0 Å². The van der Waals surface area contributed by atoms with Crippen LogP contribution in [0.3, 0.4) is 0 Å². The predicted octanol–water partition coefficient (Wildman–Crippen LogP) is 13.3. The van der Waals surface area contributed by atoms with Crippen molar-refractivity contribution >= 4 is 43.4 Å². The molecule has 0 atom stereocenters. The van der Waals surface area contributed by atoms with E-state index in [1.54, 1.807) is 0 Å². The van der Waals surface area contributed by atoms with Crippen LogP contribution in [-0.4, -0.2) is 9.97 Å². The number of furan rings is 1. The van der Waals surface area contributed by atoms with E-state index >= 15 is 0 Å². The number of aromatic nitrogens is 2. The normalized spacial score (nSPS) is 11.5. The van der Waals surface area contributed by atoms with Crippen LogP contribution >= 0.6 is 11.3 Å². The van der Waals surface area contributed by atoms with Gasteiger partial charge in [0.15, 0.2) is 0 Å². The first-order valence-electron chi connectivity index (χ1n) is 17.6. The number of hydrogen-bond donors (Lipinski definition) is 0. The largest absolute Gasteiger partial charge is 0.501 e. The molecule has 265 valence electrons. The summed E-state index contributed by atoms with van der Waals surface area (Å²) in [7, 11) is 0. The Morgan fingerprint density at radius 2 is 1.44 bits per heavy atom. The standard InChI is InChI=1S/C33H30NOS.C14H14N.Ir/c1-18-10-8-11-19(2)29(18)25-16-27(34-17-26(25)33(5,6)7)23-12-9-13-24-30-28(35-31(23)24)15-14-22-20(3)21(4)36-32(22)30;1-10-4-6-13(7-5-10)14-8-11(2)12(3)9-15-14;/h8-11,13-17H,1-7H3;4-6,8-9H,1-3H3;/q2*-1;. The topological polar surface area (TPSA) is 38.9 Å². The van der Waals surface area contributed by atoms with Crippen LogP contribution in [0.5, 0.6) is 0 Å². The van der Waals surface area contributed by atoms with Crippen LogP contribution < -0.4 is 0 Å². The fourth-order valence-corrected chi connectivity index (χ4v) is 8.10. The molecule has 0 fully saturated rings. The van der Waals surface area contributed by atoms with Gasteiger partial charge >= 0.3 is 0 Å². The molecule has 0 aliphatic rings. The molecule has 0 aliphatic carbocycles. The zero-order valence-corrected chi connectivity index (χ0v) is 34.8. The van der Waals surface area contributed by atoms with Gasteiger partial charge in [0.2, 0.25) is 0 Å². The van der Waals surface area contributed by atoms with Crippen molar-refractivity contribution in [1.29, 1.82) is 0 Å². The van der Waals surface area contributed by atoms with Crippen molar-refractivity contribution in [2.45, 2.75) is 74.7 Å². The molecule has 4 aromatic heterocycles. The Balaban J connectivity index is 0.000000244. The average molecular weight is 877 g/mol. The number of thiophene rings is 1. The summed E-state index contributed by atoms with van der Waals surface area (Å²) in [5.74, 6) is 0. The van der Waals surface area contributed by atoms with Gasteiger partial charge in [0, 0.05) is 47.5 Å². The van der Waals surface area contributed by atoms with Gasteiger partial charge < -0.3 is 14.4 Å². The zero-order chi connectivity index (χ0) is 36.2. The molecule has 8 aromatic rings. The first kappa shape index (κ1) is 37.3. The Kier molecular flexibility index (Phi) is 10.4. The number of fused-ring (bicyclic) bond motifs is 5. The summed E-state index contributed by atoms with van der Waals surface area (Å²) in [5.41, 5.74) is 17.0. The number of pyridine rings is 2. The molecule has 0 amide bonds. The van der Waals surface area contributed by atoms with Crippen LogP contribution in [0.4, 0.5) is 0 Å². The van der Waals surface area contributed by atoms with Crippen molar-refractivity contribution in [2.75, 3.05) is 0 Å². The molecule has 0 saturated carbocycles. The summed E-state index contributed by atoms with van der Waals surface area (Å²) in [6, 6.07) is 32.1. The van der Waals surface area contributed by atoms with Gasteiger partial charge in [-0.3, -0.25) is 0 Å². The maximum Gasteiger partial charge on any atom is 0.122 e. The van der Waals surface area contributed by atoms with Gasteiger partial charge in [0.05, 0.1) is 5.58 Å². The van der Waals surface area contributed by atoms with E-state index in [-0.39, 0.29) is 25.5 Å². The van der Waals surface area contributed by atoms with Crippen LogP contribution in [-0.2, 0) is 25.5 Å². The summed E-state index contributed by atoms with van der Waals surface area (Å²) >= 11 is 1.85. The number of rotatable bonds is 3. The first-order valence-corrected chi connectivity index (χ1v) is 18.4. The predicted molar refractivity (Wildman–Crippen MR) is 217 cm³/mol. The van der Waals surface area contributed by atoms with Crippen LogP contribution in [0, 0.1) is 60.6 Å². The number of benzene rings is 4. The van der Waals surface area contributed by atoms with Crippen molar-refractivity contribution in [2.24, 2.45) is 0 Å². The molecule has 3 nitrogen and oxygen atoms in total. The van der Waals surface area contributed by atoms with Crippen molar-refractivity contribution in [1.82, 2.24) is 9.97 Å². The van der Waals surface area contributed by atoms with E-state index in [2.05, 4.69) is 153 Å². The Morgan fingerprint density at radius 3 is 2.12 bits per heavy atom. The van der Waals surface area contributed by atoms with Crippen molar-refractivity contribution in [3.8, 4) is 33.6 Å². The maximum absolute atomic E-state index is 6.52. The molecule has 1 radical (unpaired) electrons. The fourth-order valence-electron chi connectivity index (χ4n) is 6.88. The van der Waals surface area contributed by atoms with Crippen LogP contribution in [0.2, 0.25) is 0 Å². The van der Waals surface area contributed by atoms with E-state index in [1.165, 1.54) is 70.4 Å². The van der Waals surface area contributed by atoms with Gasteiger partial charge in [-0.05, 0) is 115 Å². The van der Waals surface area contributed by atoms with E-state index in [4.69, 9.17) is 9.40 Å². The van der Waals surface area contributed by atoms with Crippen LogP contribution in [0.25, 0.3) is 65.7 Å². The van der Waals surface area contributed by atoms with Gasteiger partial charge in [-0.1, -0.05) is 74.5 Å².